The molecule has 112 valence electrons. The molecule has 0 aromatic carbocycles. The van der Waals surface area contributed by atoms with E-state index in [-0.39, 0.29) is 5.78 Å². The number of thioether (sulfide) groups is 1. The molecule has 0 bridgehead atoms. The Morgan fingerprint density at radius 3 is 2.55 bits per heavy atom. The minimum Gasteiger partial charge on any atom is -0.396 e. The highest BCUT2D eigenvalue weighted by molar-refractivity contribution is 7.99. The van der Waals surface area contributed by atoms with Crippen LogP contribution in [-0.2, 0) is 0 Å². The molecule has 1 aromatic rings. The topological polar surface area (TPSA) is 55.1 Å². The van der Waals surface area contributed by atoms with E-state index in [9.17, 15) is 4.79 Å². The van der Waals surface area contributed by atoms with Gasteiger partial charge in [-0.15, -0.1) is 23.1 Å². The quantitative estimate of drug-likeness (QED) is 0.614. The van der Waals surface area contributed by atoms with Gasteiger partial charge in [-0.2, -0.15) is 0 Å². The van der Waals surface area contributed by atoms with Gasteiger partial charge in [0.05, 0.1) is 15.5 Å². The SMILES string of the molecule is CCC1CCC(Nc2sc(C(C)=O)c(N)c2SC)CC1. The smallest absolute Gasteiger partial charge is 0.171 e. The highest BCUT2D eigenvalue weighted by atomic mass is 32.2. The van der Waals surface area contributed by atoms with Crippen molar-refractivity contribution in [3.63, 3.8) is 0 Å². The van der Waals surface area contributed by atoms with Crippen LogP contribution in [0.3, 0.4) is 0 Å². The Hall–Kier alpha value is -0.680. The van der Waals surface area contributed by atoms with Crippen molar-refractivity contribution in [1.29, 1.82) is 0 Å². The molecule has 1 aliphatic rings. The average molecular weight is 313 g/mol. The van der Waals surface area contributed by atoms with Crippen molar-refractivity contribution in [2.75, 3.05) is 17.3 Å². The number of nitrogen functional groups attached to an aromatic ring is 1. The van der Waals surface area contributed by atoms with Crippen molar-refractivity contribution in [3.05, 3.63) is 4.88 Å². The van der Waals surface area contributed by atoms with Crippen LogP contribution in [-0.4, -0.2) is 18.1 Å². The molecule has 1 aromatic heterocycles. The monoisotopic (exact) mass is 312 g/mol. The summed E-state index contributed by atoms with van der Waals surface area (Å²) in [5.41, 5.74) is 6.75. The molecule has 5 heteroatoms. The number of carbonyl (C=O) groups excluding carboxylic acids is 1. The van der Waals surface area contributed by atoms with E-state index in [0.717, 1.165) is 15.8 Å². The molecule has 0 atom stereocenters. The maximum absolute atomic E-state index is 11.6. The lowest BCUT2D eigenvalue weighted by Gasteiger charge is -2.28. The van der Waals surface area contributed by atoms with Gasteiger partial charge in [-0.25, -0.2) is 0 Å². The van der Waals surface area contributed by atoms with Crippen molar-refractivity contribution in [2.24, 2.45) is 5.92 Å². The van der Waals surface area contributed by atoms with Gasteiger partial charge in [0.1, 0.15) is 5.00 Å². The van der Waals surface area contributed by atoms with Gasteiger partial charge in [-0.1, -0.05) is 13.3 Å². The molecule has 1 heterocycles. The Labute approximate surface area is 129 Å². The van der Waals surface area contributed by atoms with Gasteiger partial charge in [0.2, 0.25) is 0 Å². The molecule has 3 N–H and O–H groups in total. The molecule has 1 saturated carbocycles. The normalized spacial score (nSPS) is 22.8. The summed E-state index contributed by atoms with van der Waals surface area (Å²) in [6, 6.07) is 0.529. The standard InChI is InChI=1S/C15H24N2OS2/c1-4-10-5-7-11(8-6-10)17-15-14(19-3)12(16)13(20-15)9(2)18/h10-11,17H,4-8,16H2,1-3H3. The zero-order valence-corrected chi connectivity index (χ0v) is 14.1. The number of hydrogen-bond donors (Lipinski definition) is 2. The summed E-state index contributed by atoms with van der Waals surface area (Å²) < 4.78 is 0. The van der Waals surface area contributed by atoms with E-state index in [1.54, 1.807) is 18.7 Å². The first-order valence-electron chi connectivity index (χ1n) is 7.30. The Balaban J connectivity index is 2.09. The summed E-state index contributed by atoms with van der Waals surface area (Å²) in [6.07, 6.45) is 8.37. The van der Waals surface area contributed by atoms with Crippen molar-refractivity contribution in [2.45, 2.75) is 56.9 Å². The van der Waals surface area contributed by atoms with Gasteiger partial charge < -0.3 is 11.1 Å². The molecule has 0 spiro atoms. The zero-order valence-electron chi connectivity index (χ0n) is 12.5. The summed E-state index contributed by atoms with van der Waals surface area (Å²) in [5.74, 6) is 0.958. The Bertz CT molecular complexity index is 476. The zero-order chi connectivity index (χ0) is 14.7. The van der Waals surface area contributed by atoms with Crippen molar-refractivity contribution in [1.82, 2.24) is 0 Å². The third-order valence-electron chi connectivity index (χ3n) is 4.18. The maximum atomic E-state index is 11.6. The second-order valence-electron chi connectivity index (χ2n) is 5.53. The molecule has 0 saturated heterocycles. The van der Waals surface area contributed by atoms with E-state index in [4.69, 9.17) is 5.73 Å². The number of Topliss-reactive ketones (excluding diaryl/α,β-unsaturated/α-hetero) is 1. The molecule has 3 nitrogen and oxygen atoms in total. The van der Waals surface area contributed by atoms with E-state index in [0.29, 0.717) is 16.6 Å². The molecule has 1 fully saturated rings. The minimum atomic E-state index is 0.0607. The summed E-state index contributed by atoms with van der Waals surface area (Å²) in [4.78, 5) is 13.3. The van der Waals surface area contributed by atoms with Crippen molar-refractivity contribution < 1.29 is 4.79 Å². The van der Waals surface area contributed by atoms with E-state index in [1.807, 2.05) is 6.26 Å². The Morgan fingerprint density at radius 2 is 2.05 bits per heavy atom. The lowest BCUT2D eigenvalue weighted by molar-refractivity contribution is 0.102. The number of thiophene rings is 1. The van der Waals surface area contributed by atoms with Crippen LogP contribution in [0.1, 0.15) is 55.6 Å². The first kappa shape index (κ1) is 15.7. The van der Waals surface area contributed by atoms with Crippen LogP contribution < -0.4 is 11.1 Å². The van der Waals surface area contributed by atoms with Crippen LogP contribution in [0, 0.1) is 5.92 Å². The van der Waals surface area contributed by atoms with E-state index in [2.05, 4.69) is 12.2 Å². The fourth-order valence-corrected chi connectivity index (χ4v) is 4.88. The van der Waals surface area contributed by atoms with Crippen LogP contribution in [0.2, 0.25) is 0 Å². The Morgan fingerprint density at radius 1 is 1.40 bits per heavy atom. The molecule has 0 unspecified atom stereocenters. The van der Waals surface area contributed by atoms with E-state index >= 15 is 0 Å². The first-order chi connectivity index (χ1) is 9.56. The van der Waals surface area contributed by atoms with Gasteiger partial charge in [0, 0.05) is 13.0 Å². The predicted octanol–water partition coefficient (Wildman–Crippen LogP) is 4.64. The second kappa shape index (κ2) is 6.85. The molecule has 0 radical (unpaired) electrons. The fraction of sp³-hybridized carbons (Fsp3) is 0.667. The van der Waals surface area contributed by atoms with Gasteiger partial charge >= 0.3 is 0 Å². The van der Waals surface area contributed by atoms with Gasteiger partial charge in [-0.3, -0.25) is 4.79 Å². The van der Waals surface area contributed by atoms with Crippen LogP contribution in [0.25, 0.3) is 0 Å². The highest BCUT2D eigenvalue weighted by Gasteiger charge is 2.23. The fourth-order valence-electron chi connectivity index (χ4n) is 2.89. The third kappa shape index (κ3) is 3.31. The molecule has 0 amide bonds. The second-order valence-corrected chi connectivity index (χ2v) is 7.37. The minimum absolute atomic E-state index is 0.0607. The summed E-state index contributed by atoms with van der Waals surface area (Å²) >= 11 is 3.14. The molecule has 1 aliphatic carbocycles. The number of ketones is 1. The molecular weight excluding hydrogens is 288 g/mol. The van der Waals surface area contributed by atoms with Crippen molar-refractivity contribution in [3.8, 4) is 0 Å². The van der Waals surface area contributed by atoms with Gasteiger partial charge in [0.15, 0.2) is 5.78 Å². The lowest BCUT2D eigenvalue weighted by Crippen LogP contribution is -2.25. The molecule has 0 aliphatic heterocycles. The first-order valence-corrected chi connectivity index (χ1v) is 9.34. The van der Waals surface area contributed by atoms with Crippen molar-refractivity contribution >= 4 is 39.6 Å². The van der Waals surface area contributed by atoms with Gasteiger partial charge in [-0.05, 0) is 37.9 Å². The summed E-state index contributed by atoms with van der Waals surface area (Å²) in [5, 5.41) is 4.71. The maximum Gasteiger partial charge on any atom is 0.171 e. The van der Waals surface area contributed by atoms with Crippen LogP contribution >= 0.6 is 23.1 Å². The van der Waals surface area contributed by atoms with E-state index in [1.165, 1.54) is 43.4 Å². The average Bonchev–Trinajstić information content (AvgIpc) is 2.76. The molecule has 20 heavy (non-hydrogen) atoms. The summed E-state index contributed by atoms with van der Waals surface area (Å²) in [6.45, 7) is 3.87. The number of nitrogens with two attached hydrogens (primary N) is 1. The lowest BCUT2D eigenvalue weighted by atomic mass is 9.84. The number of carbonyl (C=O) groups is 1. The van der Waals surface area contributed by atoms with Crippen LogP contribution in [0.15, 0.2) is 4.90 Å². The summed E-state index contributed by atoms with van der Waals surface area (Å²) in [7, 11) is 0. The Kier molecular flexibility index (Phi) is 5.38. The molecular formula is C15H24N2OS2. The largest absolute Gasteiger partial charge is 0.396 e. The van der Waals surface area contributed by atoms with Crippen LogP contribution in [0.5, 0.6) is 0 Å². The van der Waals surface area contributed by atoms with Gasteiger partial charge in [0.25, 0.3) is 0 Å². The molecule has 2 rings (SSSR count). The van der Waals surface area contributed by atoms with Crippen LogP contribution in [0.4, 0.5) is 10.7 Å². The predicted molar refractivity (Wildman–Crippen MR) is 90.2 cm³/mol. The van der Waals surface area contributed by atoms with E-state index < -0.39 is 0 Å². The number of hydrogen-bond acceptors (Lipinski definition) is 5. The number of rotatable bonds is 5. The highest BCUT2D eigenvalue weighted by Crippen LogP contribution is 2.43. The number of nitrogens with one attached hydrogen (secondary N) is 1. The third-order valence-corrected chi connectivity index (χ3v) is 6.38. The number of anilines is 2.